The van der Waals surface area contributed by atoms with Crippen LogP contribution in [0.4, 0.5) is 4.39 Å². The molecular formula is C11H14FN. The number of nitrogens with two attached hydrogens (primary N) is 1. The van der Waals surface area contributed by atoms with Crippen LogP contribution in [0.3, 0.4) is 0 Å². The van der Waals surface area contributed by atoms with Gasteiger partial charge in [0.05, 0.1) is 6.04 Å². The smallest absolute Gasteiger partial charge is 0.131 e. The fourth-order valence-electron chi connectivity index (χ4n) is 1.18. The van der Waals surface area contributed by atoms with Crippen molar-refractivity contribution in [3.8, 4) is 0 Å². The molecule has 70 valence electrons. The van der Waals surface area contributed by atoms with E-state index in [-0.39, 0.29) is 5.82 Å². The van der Waals surface area contributed by atoms with Crippen molar-refractivity contribution in [2.45, 2.75) is 19.9 Å². The molecule has 1 atom stereocenters. The van der Waals surface area contributed by atoms with E-state index in [9.17, 15) is 4.39 Å². The van der Waals surface area contributed by atoms with E-state index in [0.29, 0.717) is 11.1 Å². The van der Waals surface area contributed by atoms with E-state index in [2.05, 4.69) is 6.58 Å². The fraction of sp³-hybridized carbons (Fsp3) is 0.273. The summed E-state index contributed by atoms with van der Waals surface area (Å²) in [6.45, 7) is 7.23. The number of aryl methyl sites for hydroxylation is 1. The first kappa shape index (κ1) is 9.93. The SMILES string of the molecule is C=C(C)C(N)c1cccc(C)c1F. The van der Waals surface area contributed by atoms with Gasteiger partial charge in [-0.1, -0.05) is 30.4 Å². The van der Waals surface area contributed by atoms with E-state index < -0.39 is 6.04 Å². The van der Waals surface area contributed by atoms with Gasteiger partial charge in [0.15, 0.2) is 0 Å². The molecule has 0 aliphatic heterocycles. The molecule has 0 fully saturated rings. The molecule has 0 aliphatic carbocycles. The van der Waals surface area contributed by atoms with Crippen LogP contribution in [0, 0.1) is 12.7 Å². The zero-order valence-electron chi connectivity index (χ0n) is 7.97. The summed E-state index contributed by atoms with van der Waals surface area (Å²) in [6, 6.07) is 4.82. The lowest BCUT2D eigenvalue weighted by atomic mass is 9.99. The quantitative estimate of drug-likeness (QED) is 0.694. The van der Waals surface area contributed by atoms with Crippen molar-refractivity contribution >= 4 is 0 Å². The highest BCUT2D eigenvalue weighted by molar-refractivity contribution is 5.31. The van der Waals surface area contributed by atoms with Crippen molar-refractivity contribution in [1.29, 1.82) is 0 Å². The number of rotatable bonds is 2. The summed E-state index contributed by atoms with van der Waals surface area (Å²) < 4.78 is 13.5. The molecule has 0 saturated carbocycles. The second kappa shape index (κ2) is 3.71. The Morgan fingerprint density at radius 3 is 2.69 bits per heavy atom. The molecule has 13 heavy (non-hydrogen) atoms. The third-order valence-electron chi connectivity index (χ3n) is 2.09. The van der Waals surface area contributed by atoms with Crippen LogP contribution in [-0.4, -0.2) is 0 Å². The Hall–Kier alpha value is -1.15. The Balaban J connectivity index is 3.15. The molecule has 1 unspecified atom stereocenters. The van der Waals surface area contributed by atoms with Crippen LogP contribution >= 0.6 is 0 Å². The molecule has 0 heterocycles. The molecule has 0 radical (unpaired) electrons. The monoisotopic (exact) mass is 179 g/mol. The molecule has 0 spiro atoms. The number of hydrogen-bond donors (Lipinski definition) is 1. The average Bonchev–Trinajstić information content (AvgIpc) is 2.08. The number of hydrogen-bond acceptors (Lipinski definition) is 1. The molecule has 2 heteroatoms. The van der Waals surface area contributed by atoms with Gasteiger partial charge in [0.2, 0.25) is 0 Å². The van der Waals surface area contributed by atoms with Gasteiger partial charge in [-0.15, -0.1) is 0 Å². The first-order chi connectivity index (χ1) is 6.04. The maximum absolute atomic E-state index is 13.5. The summed E-state index contributed by atoms with van der Waals surface area (Å²) in [5, 5.41) is 0. The summed E-state index contributed by atoms with van der Waals surface area (Å²) in [5.41, 5.74) is 7.68. The van der Waals surface area contributed by atoms with Crippen molar-refractivity contribution < 1.29 is 4.39 Å². The van der Waals surface area contributed by atoms with Gasteiger partial charge in [-0.25, -0.2) is 4.39 Å². The molecule has 1 aromatic rings. The molecule has 0 aromatic heterocycles. The minimum Gasteiger partial charge on any atom is -0.320 e. The van der Waals surface area contributed by atoms with E-state index in [4.69, 9.17) is 5.73 Å². The zero-order chi connectivity index (χ0) is 10.0. The minimum absolute atomic E-state index is 0.224. The molecule has 2 N–H and O–H groups in total. The summed E-state index contributed by atoms with van der Waals surface area (Å²) in [4.78, 5) is 0. The van der Waals surface area contributed by atoms with E-state index >= 15 is 0 Å². The highest BCUT2D eigenvalue weighted by Gasteiger charge is 2.12. The lowest BCUT2D eigenvalue weighted by Crippen LogP contribution is -2.13. The van der Waals surface area contributed by atoms with Crippen molar-refractivity contribution in [2.24, 2.45) is 5.73 Å². The predicted octanol–water partition coefficient (Wildman–Crippen LogP) is 2.71. The first-order valence-electron chi connectivity index (χ1n) is 4.20. The van der Waals surface area contributed by atoms with Crippen LogP contribution in [0.25, 0.3) is 0 Å². The molecule has 1 rings (SSSR count). The second-order valence-corrected chi connectivity index (χ2v) is 3.30. The molecular weight excluding hydrogens is 165 g/mol. The highest BCUT2D eigenvalue weighted by atomic mass is 19.1. The predicted molar refractivity (Wildman–Crippen MR) is 52.9 cm³/mol. The Morgan fingerprint density at radius 2 is 2.15 bits per heavy atom. The van der Waals surface area contributed by atoms with Gasteiger partial charge in [-0.3, -0.25) is 0 Å². The Bertz CT molecular complexity index is 331. The van der Waals surface area contributed by atoms with Crippen LogP contribution in [0.5, 0.6) is 0 Å². The average molecular weight is 179 g/mol. The van der Waals surface area contributed by atoms with Gasteiger partial charge in [0, 0.05) is 5.56 Å². The van der Waals surface area contributed by atoms with E-state index in [1.807, 2.05) is 0 Å². The third-order valence-corrected chi connectivity index (χ3v) is 2.09. The summed E-state index contributed by atoms with van der Waals surface area (Å²) in [5.74, 6) is -0.224. The second-order valence-electron chi connectivity index (χ2n) is 3.30. The van der Waals surface area contributed by atoms with Crippen LogP contribution in [0.2, 0.25) is 0 Å². The van der Waals surface area contributed by atoms with E-state index in [1.165, 1.54) is 0 Å². The third kappa shape index (κ3) is 1.95. The van der Waals surface area contributed by atoms with Crippen molar-refractivity contribution in [3.63, 3.8) is 0 Å². The van der Waals surface area contributed by atoms with Gasteiger partial charge in [0.25, 0.3) is 0 Å². The largest absolute Gasteiger partial charge is 0.320 e. The number of halogens is 1. The Morgan fingerprint density at radius 1 is 1.54 bits per heavy atom. The summed E-state index contributed by atoms with van der Waals surface area (Å²) in [7, 11) is 0. The maximum Gasteiger partial charge on any atom is 0.131 e. The van der Waals surface area contributed by atoms with Crippen LogP contribution in [0.1, 0.15) is 24.1 Å². The molecule has 1 aromatic carbocycles. The molecule has 0 aliphatic rings. The zero-order valence-corrected chi connectivity index (χ0v) is 7.97. The molecule has 0 amide bonds. The summed E-state index contributed by atoms with van der Waals surface area (Å²) >= 11 is 0. The Labute approximate surface area is 78.1 Å². The van der Waals surface area contributed by atoms with Gasteiger partial charge in [-0.2, -0.15) is 0 Å². The highest BCUT2D eigenvalue weighted by Crippen LogP contribution is 2.22. The molecule has 0 saturated heterocycles. The summed E-state index contributed by atoms with van der Waals surface area (Å²) in [6.07, 6.45) is 0. The maximum atomic E-state index is 13.5. The lowest BCUT2D eigenvalue weighted by Gasteiger charge is -2.13. The topological polar surface area (TPSA) is 26.0 Å². The van der Waals surface area contributed by atoms with Gasteiger partial charge in [-0.05, 0) is 19.4 Å². The first-order valence-corrected chi connectivity index (χ1v) is 4.20. The van der Waals surface area contributed by atoms with Gasteiger partial charge >= 0.3 is 0 Å². The van der Waals surface area contributed by atoms with Crippen molar-refractivity contribution in [1.82, 2.24) is 0 Å². The van der Waals surface area contributed by atoms with Crippen LogP contribution in [0.15, 0.2) is 30.4 Å². The van der Waals surface area contributed by atoms with Crippen LogP contribution in [-0.2, 0) is 0 Å². The molecule has 1 nitrogen and oxygen atoms in total. The van der Waals surface area contributed by atoms with Crippen molar-refractivity contribution in [2.75, 3.05) is 0 Å². The van der Waals surface area contributed by atoms with Gasteiger partial charge < -0.3 is 5.73 Å². The lowest BCUT2D eigenvalue weighted by molar-refractivity contribution is 0.589. The van der Waals surface area contributed by atoms with E-state index in [1.54, 1.807) is 32.0 Å². The standard InChI is InChI=1S/C11H14FN/c1-7(2)11(13)9-6-4-5-8(3)10(9)12/h4-6,11H,1,13H2,2-3H3. The number of benzene rings is 1. The normalized spacial score (nSPS) is 12.6. The Kier molecular flexibility index (Phi) is 2.83. The molecule has 0 bridgehead atoms. The van der Waals surface area contributed by atoms with Crippen molar-refractivity contribution in [3.05, 3.63) is 47.3 Å². The van der Waals surface area contributed by atoms with E-state index in [0.717, 1.165) is 5.57 Å². The van der Waals surface area contributed by atoms with Crippen LogP contribution < -0.4 is 5.73 Å². The van der Waals surface area contributed by atoms with Gasteiger partial charge in [0.1, 0.15) is 5.82 Å². The minimum atomic E-state index is -0.403. The fourth-order valence-corrected chi connectivity index (χ4v) is 1.18.